The molecule has 0 radical (unpaired) electrons. The first kappa shape index (κ1) is 13.6. The standard InChI is InChI=1S/C15H21N3O/c1-10(2)15-11(9-16)13(7-6-12(15)17)18-14-5-3-4-8-19-14/h6-7,9,14,16,18H,1,3-5,8,17H2,2H3. The van der Waals surface area contributed by atoms with Gasteiger partial charge in [0, 0.05) is 35.3 Å². The summed E-state index contributed by atoms with van der Waals surface area (Å²) in [6.07, 6.45) is 4.62. The summed E-state index contributed by atoms with van der Waals surface area (Å²) >= 11 is 0. The van der Waals surface area contributed by atoms with Crippen LogP contribution in [0.15, 0.2) is 18.7 Å². The van der Waals surface area contributed by atoms with Crippen LogP contribution in [0.1, 0.15) is 37.3 Å². The highest BCUT2D eigenvalue weighted by atomic mass is 16.5. The van der Waals surface area contributed by atoms with Gasteiger partial charge >= 0.3 is 0 Å². The molecule has 2 rings (SSSR count). The van der Waals surface area contributed by atoms with E-state index in [1.807, 2.05) is 19.1 Å². The topological polar surface area (TPSA) is 71.1 Å². The normalized spacial score (nSPS) is 18.9. The molecule has 1 aromatic carbocycles. The van der Waals surface area contributed by atoms with Crippen molar-refractivity contribution in [3.8, 4) is 0 Å². The Morgan fingerprint density at radius 3 is 2.89 bits per heavy atom. The van der Waals surface area contributed by atoms with Crippen molar-refractivity contribution in [1.82, 2.24) is 0 Å². The maximum Gasteiger partial charge on any atom is 0.127 e. The minimum Gasteiger partial charge on any atom is -0.398 e. The van der Waals surface area contributed by atoms with E-state index in [0.29, 0.717) is 5.69 Å². The highest BCUT2D eigenvalue weighted by Gasteiger charge is 2.17. The summed E-state index contributed by atoms with van der Waals surface area (Å²) in [5.74, 6) is 0. The summed E-state index contributed by atoms with van der Waals surface area (Å²) in [5.41, 5.74) is 10.0. The third-order valence-electron chi connectivity index (χ3n) is 3.35. The van der Waals surface area contributed by atoms with Crippen molar-refractivity contribution in [2.24, 2.45) is 0 Å². The van der Waals surface area contributed by atoms with E-state index in [4.69, 9.17) is 15.9 Å². The third kappa shape index (κ3) is 2.96. The predicted molar refractivity (Wildman–Crippen MR) is 80.7 cm³/mol. The van der Waals surface area contributed by atoms with Gasteiger partial charge in [-0.2, -0.15) is 0 Å². The largest absolute Gasteiger partial charge is 0.398 e. The van der Waals surface area contributed by atoms with Gasteiger partial charge in [-0.15, -0.1) is 0 Å². The summed E-state index contributed by atoms with van der Waals surface area (Å²) < 4.78 is 5.67. The summed E-state index contributed by atoms with van der Waals surface area (Å²) in [6.45, 7) is 6.63. The van der Waals surface area contributed by atoms with Gasteiger partial charge in [0.2, 0.25) is 0 Å². The fourth-order valence-electron chi connectivity index (χ4n) is 2.42. The number of nitrogen functional groups attached to an aromatic ring is 1. The van der Waals surface area contributed by atoms with Gasteiger partial charge in [-0.05, 0) is 43.9 Å². The lowest BCUT2D eigenvalue weighted by Gasteiger charge is -2.26. The summed E-state index contributed by atoms with van der Waals surface area (Å²) in [6, 6.07) is 3.75. The zero-order valence-electron chi connectivity index (χ0n) is 11.3. The first-order valence-corrected chi connectivity index (χ1v) is 6.60. The molecule has 1 fully saturated rings. The number of hydrogen-bond donors (Lipinski definition) is 3. The molecule has 1 unspecified atom stereocenters. The molecule has 4 N–H and O–H groups in total. The van der Waals surface area contributed by atoms with Crippen molar-refractivity contribution < 1.29 is 4.74 Å². The second kappa shape index (κ2) is 5.89. The Morgan fingerprint density at radius 2 is 2.32 bits per heavy atom. The maximum absolute atomic E-state index is 7.63. The predicted octanol–water partition coefficient (Wildman–Crippen LogP) is 3.24. The van der Waals surface area contributed by atoms with E-state index in [0.717, 1.165) is 41.8 Å². The molecule has 1 aromatic rings. The molecule has 4 heteroatoms. The lowest BCUT2D eigenvalue weighted by Crippen LogP contribution is -2.27. The fraction of sp³-hybridized carbons (Fsp3) is 0.400. The van der Waals surface area contributed by atoms with Crippen molar-refractivity contribution in [2.45, 2.75) is 32.4 Å². The molecule has 0 bridgehead atoms. The van der Waals surface area contributed by atoms with Crippen LogP contribution in [-0.2, 0) is 4.74 Å². The van der Waals surface area contributed by atoms with Crippen LogP contribution >= 0.6 is 0 Å². The smallest absolute Gasteiger partial charge is 0.127 e. The molecule has 0 spiro atoms. The number of nitrogens with one attached hydrogen (secondary N) is 2. The SMILES string of the molecule is C=C(C)c1c(N)ccc(NC2CCCCO2)c1C=N. The Hall–Kier alpha value is -1.81. The van der Waals surface area contributed by atoms with Crippen LogP contribution < -0.4 is 11.1 Å². The average molecular weight is 259 g/mol. The van der Waals surface area contributed by atoms with E-state index in [1.54, 1.807) is 0 Å². The van der Waals surface area contributed by atoms with E-state index in [-0.39, 0.29) is 6.23 Å². The third-order valence-corrected chi connectivity index (χ3v) is 3.35. The van der Waals surface area contributed by atoms with Crippen molar-refractivity contribution in [3.63, 3.8) is 0 Å². The summed E-state index contributed by atoms with van der Waals surface area (Å²) in [7, 11) is 0. The van der Waals surface area contributed by atoms with Crippen LogP contribution in [0.5, 0.6) is 0 Å². The van der Waals surface area contributed by atoms with Crippen molar-refractivity contribution in [1.29, 1.82) is 5.41 Å². The molecule has 1 aliphatic rings. The van der Waals surface area contributed by atoms with E-state index in [1.165, 1.54) is 12.6 Å². The Labute approximate surface area is 114 Å². The highest BCUT2D eigenvalue weighted by Crippen LogP contribution is 2.30. The van der Waals surface area contributed by atoms with Crippen LogP contribution in [0.3, 0.4) is 0 Å². The number of hydrogen-bond acceptors (Lipinski definition) is 4. The van der Waals surface area contributed by atoms with Crippen LogP contribution in [0.25, 0.3) is 5.57 Å². The van der Waals surface area contributed by atoms with E-state index in [9.17, 15) is 0 Å². The molecular formula is C15H21N3O. The zero-order chi connectivity index (χ0) is 13.8. The van der Waals surface area contributed by atoms with Gasteiger partial charge in [-0.1, -0.05) is 6.58 Å². The fourth-order valence-corrected chi connectivity index (χ4v) is 2.42. The molecule has 1 saturated heterocycles. The van der Waals surface area contributed by atoms with Gasteiger partial charge in [0.05, 0.1) is 0 Å². The maximum atomic E-state index is 7.63. The van der Waals surface area contributed by atoms with Crippen LogP contribution in [-0.4, -0.2) is 19.0 Å². The van der Waals surface area contributed by atoms with Gasteiger partial charge in [0.25, 0.3) is 0 Å². The first-order valence-electron chi connectivity index (χ1n) is 6.60. The number of allylic oxidation sites excluding steroid dienone is 1. The quantitative estimate of drug-likeness (QED) is 0.574. The van der Waals surface area contributed by atoms with E-state index >= 15 is 0 Å². The molecule has 19 heavy (non-hydrogen) atoms. The highest BCUT2D eigenvalue weighted by molar-refractivity contribution is 5.96. The summed E-state index contributed by atoms with van der Waals surface area (Å²) in [4.78, 5) is 0. The molecule has 0 saturated carbocycles. The number of benzene rings is 1. The van der Waals surface area contributed by atoms with Crippen LogP contribution in [0, 0.1) is 5.41 Å². The first-order chi connectivity index (χ1) is 9.13. The molecule has 0 aliphatic carbocycles. The van der Waals surface area contributed by atoms with Gasteiger partial charge in [0.1, 0.15) is 6.23 Å². The molecule has 0 amide bonds. The molecular weight excluding hydrogens is 238 g/mol. The van der Waals surface area contributed by atoms with Gasteiger partial charge in [-0.25, -0.2) is 0 Å². The van der Waals surface area contributed by atoms with Crippen molar-refractivity contribution in [3.05, 3.63) is 29.8 Å². The lowest BCUT2D eigenvalue weighted by atomic mass is 9.98. The summed E-state index contributed by atoms with van der Waals surface area (Å²) in [5, 5.41) is 11.0. The second-order valence-corrected chi connectivity index (χ2v) is 4.92. The lowest BCUT2D eigenvalue weighted by molar-refractivity contribution is 0.0343. The number of nitrogens with two attached hydrogens (primary N) is 1. The monoisotopic (exact) mass is 259 g/mol. The zero-order valence-corrected chi connectivity index (χ0v) is 11.3. The number of rotatable bonds is 4. The molecule has 4 nitrogen and oxygen atoms in total. The Kier molecular flexibility index (Phi) is 4.22. The van der Waals surface area contributed by atoms with Gasteiger partial charge in [-0.3, -0.25) is 0 Å². The Morgan fingerprint density at radius 1 is 1.53 bits per heavy atom. The minimum absolute atomic E-state index is 0.0223. The molecule has 0 aromatic heterocycles. The van der Waals surface area contributed by atoms with Crippen molar-refractivity contribution in [2.75, 3.05) is 17.7 Å². The van der Waals surface area contributed by atoms with Crippen LogP contribution in [0.4, 0.5) is 11.4 Å². The van der Waals surface area contributed by atoms with E-state index in [2.05, 4.69) is 11.9 Å². The molecule has 1 aliphatic heterocycles. The average Bonchev–Trinajstić information content (AvgIpc) is 2.41. The van der Waals surface area contributed by atoms with Gasteiger partial charge < -0.3 is 21.2 Å². The molecule has 1 heterocycles. The molecule has 102 valence electrons. The Bertz CT molecular complexity index is 490. The number of anilines is 2. The number of ether oxygens (including phenoxy) is 1. The molecule has 1 atom stereocenters. The minimum atomic E-state index is 0.0223. The van der Waals surface area contributed by atoms with Crippen LogP contribution in [0.2, 0.25) is 0 Å². The van der Waals surface area contributed by atoms with E-state index < -0.39 is 0 Å². The second-order valence-electron chi connectivity index (χ2n) is 4.92. The Balaban J connectivity index is 2.31. The van der Waals surface area contributed by atoms with Gasteiger partial charge in [0.15, 0.2) is 0 Å². The van der Waals surface area contributed by atoms with Crippen molar-refractivity contribution >= 4 is 23.2 Å².